The van der Waals surface area contributed by atoms with Gasteiger partial charge in [-0.2, -0.15) is 0 Å². The third-order valence-electron chi connectivity index (χ3n) is 7.00. The first-order valence-corrected chi connectivity index (χ1v) is 11.9. The van der Waals surface area contributed by atoms with Crippen LogP contribution in [0.25, 0.3) is 22.3 Å². The van der Waals surface area contributed by atoms with Crippen molar-refractivity contribution in [3.8, 4) is 11.5 Å². The summed E-state index contributed by atoms with van der Waals surface area (Å²) in [5, 5.41) is 13.5. The normalized spacial score (nSPS) is 19.9. The number of fused-ring (bicyclic) bond motifs is 1. The van der Waals surface area contributed by atoms with Crippen LogP contribution in [0.3, 0.4) is 0 Å². The minimum atomic E-state index is -0.469. The first-order valence-electron chi connectivity index (χ1n) is 11.9. The maximum atomic E-state index is 13.0. The van der Waals surface area contributed by atoms with Crippen LogP contribution in [0.15, 0.2) is 41.3 Å². The van der Waals surface area contributed by atoms with E-state index in [1.165, 1.54) is 0 Å². The summed E-state index contributed by atoms with van der Waals surface area (Å²) in [6, 6.07) is 9.24. The average molecular weight is 448 g/mol. The summed E-state index contributed by atoms with van der Waals surface area (Å²) in [6.07, 6.45) is 6.15. The van der Waals surface area contributed by atoms with Crippen molar-refractivity contribution < 1.29 is 4.79 Å². The maximum Gasteiger partial charge on any atom is 0.275 e. The lowest BCUT2D eigenvalue weighted by atomic mass is 9.69. The number of carbonyl (C=O) groups is 1. The van der Waals surface area contributed by atoms with Crippen LogP contribution < -0.4 is 10.9 Å². The number of H-pyrrole nitrogens is 1. The van der Waals surface area contributed by atoms with Crippen LogP contribution in [-0.4, -0.2) is 26.1 Å². The Hall–Kier alpha value is -3.09. The van der Waals surface area contributed by atoms with Crippen LogP contribution in [-0.2, 0) is 4.79 Å². The number of aromatic nitrogens is 4. The Labute approximate surface area is 194 Å². The highest BCUT2D eigenvalue weighted by molar-refractivity contribution is 5.92. The van der Waals surface area contributed by atoms with Crippen molar-refractivity contribution in [2.45, 2.75) is 65.8 Å². The summed E-state index contributed by atoms with van der Waals surface area (Å²) in [7, 11) is 0. The number of nitrogens with zero attached hydrogens (tertiary/aromatic N) is 3. The zero-order valence-electron chi connectivity index (χ0n) is 19.9. The topological polar surface area (TPSA) is 101 Å². The Balaban J connectivity index is 1.50. The van der Waals surface area contributed by atoms with Crippen molar-refractivity contribution in [1.29, 1.82) is 0 Å². The molecule has 2 aromatic heterocycles. The molecule has 1 aromatic carbocycles. The quantitative estimate of drug-likeness (QED) is 0.585. The molecule has 0 spiro atoms. The zero-order valence-corrected chi connectivity index (χ0v) is 19.9. The van der Waals surface area contributed by atoms with E-state index in [-0.39, 0.29) is 28.5 Å². The predicted molar refractivity (Wildman–Crippen MR) is 129 cm³/mol. The van der Waals surface area contributed by atoms with Crippen molar-refractivity contribution in [2.24, 2.45) is 17.3 Å². The number of carbonyl (C=O) groups excluding carboxylic acids is 1. The van der Waals surface area contributed by atoms with Crippen molar-refractivity contribution in [2.75, 3.05) is 0 Å². The van der Waals surface area contributed by atoms with Crippen LogP contribution in [0, 0.1) is 17.3 Å². The van der Waals surface area contributed by atoms with E-state index >= 15 is 0 Å². The second-order valence-electron chi connectivity index (χ2n) is 10.2. The van der Waals surface area contributed by atoms with Crippen LogP contribution in [0.4, 0.5) is 0 Å². The van der Waals surface area contributed by atoms with E-state index in [1.54, 1.807) is 6.20 Å². The first kappa shape index (κ1) is 23.1. The van der Waals surface area contributed by atoms with Gasteiger partial charge in [-0.1, -0.05) is 52.0 Å². The largest absolute Gasteiger partial charge is 0.347 e. The molecule has 1 aliphatic rings. The van der Waals surface area contributed by atoms with E-state index < -0.39 is 6.04 Å². The number of benzene rings is 1. The number of amides is 1. The van der Waals surface area contributed by atoms with Gasteiger partial charge in [0.1, 0.15) is 5.69 Å². The van der Waals surface area contributed by atoms with Crippen molar-refractivity contribution in [3.05, 3.63) is 52.6 Å². The van der Waals surface area contributed by atoms with Crippen LogP contribution in [0.1, 0.15) is 71.5 Å². The molecule has 1 amide bonds. The van der Waals surface area contributed by atoms with E-state index in [9.17, 15) is 9.59 Å². The van der Waals surface area contributed by atoms with Gasteiger partial charge in [0, 0.05) is 17.5 Å². The van der Waals surface area contributed by atoms with Gasteiger partial charge < -0.3 is 10.3 Å². The van der Waals surface area contributed by atoms with E-state index in [0.29, 0.717) is 23.9 Å². The number of hydrogen-bond donors (Lipinski definition) is 2. The molecule has 2 N–H and O–H groups in total. The average Bonchev–Trinajstić information content (AvgIpc) is 2.81. The highest BCUT2D eigenvalue weighted by Crippen LogP contribution is 2.40. The van der Waals surface area contributed by atoms with Crippen molar-refractivity contribution >= 4 is 16.7 Å². The molecule has 174 valence electrons. The molecule has 7 heteroatoms. The molecular weight excluding hydrogens is 414 g/mol. The molecular formula is C26H33N5O2. The van der Waals surface area contributed by atoms with Gasteiger partial charge in [0.2, 0.25) is 5.91 Å². The molecule has 1 fully saturated rings. The lowest BCUT2D eigenvalue weighted by molar-refractivity contribution is -0.127. The fraction of sp³-hybridized carbons (Fsp3) is 0.500. The third kappa shape index (κ3) is 4.97. The van der Waals surface area contributed by atoms with Gasteiger partial charge in [0.15, 0.2) is 11.5 Å². The summed E-state index contributed by atoms with van der Waals surface area (Å²) in [4.78, 5) is 33.1. The molecule has 1 unspecified atom stereocenters. The molecule has 0 radical (unpaired) electrons. The highest BCUT2D eigenvalue weighted by atomic mass is 16.2. The molecule has 1 aliphatic carbocycles. The van der Waals surface area contributed by atoms with E-state index in [2.05, 4.69) is 46.3 Å². The third-order valence-corrected chi connectivity index (χ3v) is 7.00. The van der Waals surface area contributed by atoms with Gasteiger partial charge in [0.25, 0.3) is 5.56 Å². The van der Waals surface area contributed by atoms with Gasteiger partial charge in [-0.3, -0.25) is 14.6 Å². The Morgan fingerprint density at radius 1 is 1.12 bits per heavy atom. The molecule has 3 aromatic rings. The Bertz CT molecular complexity index is 1180. The second kappa shape index (κ2) is 9.41. The van der Waals surface area contributed by atoms with Crippen LogP contribution in [0.2, 0.25) is 0 Å². The van der Waals surface area contributed by atoms with E-state index in [1.807, 2.05) is 37.3 Å². The minimum absolute atomic E-state index is 0.00945. The lowest BCUT2D eigenvalue weighted by Crippen LogP contribution is -2.39. The molecule has 7 nitrogen and oxygen atoms in total. The molecule has 1 atom stereocenters. The molecule has 1 saturated carbocycles. The van der Waals surface area contributed by atoms with Gasteiger partial charge in [0.05, 0.1) is 6.04 Å². The molecule has 0 bridgehead atoms. The van der Waals surface area contributed by atoms with Gasteiger partial charge in [-0.05, 0) is 54.9 Å². The predicted octanol–water partition coefficient (Wildman–Crippen LogP) is 4.80. The zero-order chi connectivity index (χ0) is 23.6. The van der Waals surface area contributed by atoms with E-state index in [4.69, 9.17) is 0 Å². The lowest BCUT2D eigenvalue weighted by Gasteiger charge is -2.36. The first-order chi connectivity index (χ1) is 15.8. The Morgan fingerprint density at radius 3 is 2.52 bits per heavy atom. The highest BCUT2D eigenvalue weighted by Gasteiger charge is 2.33. The molecule has 0 aliphatic heterocycles. The van der Waals surface area contributed by atoms with Gasteiger partial charge in [-0.25, -0.2) is 0 Å². The summed E-state index contributed by atoms with van der Waals surface area (Å²) >= 11 is 0. The second-order valence-corrected chi connectivity index (χ2v) is 10.2. The molecule has 2 heterocycles. The van der Waals surface area contributed by atoms with Crippen LogP contribution >= 0.6 is 0 Å². The molecule has 33 heavy (non-hydrogen) atoms. The summed E-state index contributed by atoms with van der Waals surface area (Å²) in [5.41, 5.74) is 0.741. The Morgan fingerprint density at radius 2 is 1.85 bits per heavy atom. The number of nitrogens with one attached hydrogen (secondary N) is 2. The van der Waals surface area contributed by atoms with E-state index in [0.717, 1.165) is 36.5 Å². The van der Waals surface area contributed by atoms with Crippen molar-refractivity contribution in [3.63, 3.8) is 0 Å². The summed E-state index contributed by atoms with van der Waals surface area (Å²) in [6.45, 7) is 8.75. The smallest absolute Gasteiger partial charge is 0.275 e. The number of rotatable bonds is 5. The maximum absolute atomic E-state index is 13.0. The standard InChI is InChI=1S/C26H33N5O2/c1-5-20(28-24(32)17-10-12-18(13-11-17)26(2,3)4)22-25(33)29-23(31-30-22)21-19-9-7-6-8-16(19)14-15-27-21/h6-9,14-15,17-18,20H,5,10-13H2,1-4H3,(H,28,32)(H,29,31,33). The van der Waals surface area contributed by atoms with Crippen molar-refractivity contribution in [1.82, 2.24) is 25.5 Å². The van der Waals surface area contributed by atoms with Gasteiger partial charge >= 0.3 is 0 Å². The Kier molecular flexibility index (Phi) is 6.58. The number of pyridine rings is 1. The number of aromatic amines is 1. The molecule has 4 rings (SSSR count). The SMILES string of the molecule is CCC(NC(=O)C1CCC(C(C)(C)C)CC1)c1nnc(-c2nccc3ccccc23)[nH]c1=O. The molecule has 0 saturated heterocycles. The van der Waals surface area contributed by atoms with Gasteiger partial charge in [-0.15, -0.1) is 10.2 Å². The van der Waals surface area contributed by atoms with Crippen LogP contribution in [0.5, 0.6) is 0 Å². The fourth-order valence-electron chi connectivity index (χ4n) is 4.86. The summed E-state index contributed by atoms with van der Waals surface area (Å²) in [5.74, 6) is 0.966. The monoisotopic (exact) mass is 447 g/mol. The summed E-state index contributed by atoms with van der Waals surface area (Å²) < 4.78 is 0. The minimum Gasteiger partial charge on any atom is -0.347 e. The fourth-order valence-corrected chi connectivity index (χ4v) is 4.86. The number of hydrogen-bond acceptors (Lipinski definition) is 5.